The van der Waals surface area contributed by atoms with Crippen molar-refractivity contribution in [2.75, 3.05) is 0 Å². The molecule has 0 aliphatic carbocycles. The molecule has 0 radical (unpaired) electrons. The van der Waals surface area contributed by atoms with Crippen molar-refractivity contribution in [1.82, 2.24) is 14.7 Å². The van der Waals surface area contributed by atoms with E-state index in [0.29, 0.717) is 5.82 Å². The lowest BCUT2D eigenvalue weighted by Gasteiger charge is -2.13. The predicted molar refractivity (Wildman–Crippen MR) is 76.4 cm³/mol. The number of rotatable bonds is 5. The molecule has 0 fully saturated rings. The molecule has 0 aliphatic heterocycles. The van der Waals surface area contributed by atoms with E-state index in [0.717, 1.165) is 5.56 Å². The van der Waals surface area contributed by atoms with Gasteiger partial charge in [0.15, 0.2) is 0 Å². The van der Waals surface area contributed by atoms with E-state index < -0.39 is 16.1 Å². The molecule has 2 aromatic rings. The zero-order valence-corrected chi connectivity index (χ0v) is 12.2. The van der Waals surface area contributed by atoms with Crippen LogP contribution >= 0.6 is 0 Å². The van der Waals surface area contributed by atoms with Crippen molar-refractivity contribution in [3.63, 3.8) is 0 Å². The van der Waals surface area contributed by atoms with Gasteiger partial charge >= 0.3 is 0 Å². The van der Waals surface area contributed by atoms with Gasteiger partial charge in [0.05, 0.1) is 10.9 Å². The third kappa shape index (κ3) is 3.24. The highest BCUT2D eigenvalue weighted by molar-refractivity contribution is 7.89. The highest BCUT2D eigenvalue weighted by Crippen LogP contribution is 2.17. The number of benzene rings is 1. The summed E-state index contributed by atoms with van der Waals surface area (Å²) in [6.07, 6.45) is 3.23. The molecule has 7 heteroatoms. The van der Waals surface area contributed by atoms with E-state index in [2.05, 4.69) is 14.7 Å². The molecule has 0 spiro atoms. The number of imidazole rings is 1. The number of nitrogens with one attached hydrogen (secondary N) is 2. The Balaban J connectivity index is 2.18. The molecule has 1 aromatic heterocycles. The lowest BCUT2D eigenvalue weighted by atomic mass is 10.1. The fourth-order valence-electron chi connectivity index (χ4n) is 1.82. The van der Waals surface area contributed by atoms with Gasteiger partial charge in [0.2, 0.25) is 10.0 Å². The normalized spacial score (nSPS) is 14.9. The van der Waals surface area contributed by atoms with Crippen molar-refractivity contribution in [3.8, 4) is 0 Å². The molecule has 2 rings (SSSR count). The Bertz CT molecular complexity index is 648. The minimum Gasteiger partial charge on any atom is -0.347 e. The summed E-state index contributed by atoms with van der Waals surface area (Å²) in [6.45, 7) is 3.58. The average molecular weight is 294 g/mol. The summed E-state index contributed by atoms with van der Waals surface area (Å²) >= 11 is 0. The first-order valence-corrected chi connectivity index (χ1v) is 7.75. The molecule has 1 heterocycles. The number of nitrogens with zero attached hydrogens (tertiary/aromatic N) is 1. The molecule has 108 valence electrons. The number of sulfonamides is 1. The Morgan fingerprint density at radius 3 is 2.40 bits per heavy atom. The Morgan fingerprint density at radius 2 is 1.90 bits per heavy atom. The second kappa shape index (κ2) is 5.74. The van der Waals surface area contributed by atoms with Gasteiger partial charge in [-0.15, -0.1) is 0 Å². The van der Waals surface area contributed by atoms with E-state index in [1.54, 1.807) is 43.6 Å². The number of nitrogens with two attached hydrogens (primary N) is 1. The van der Waals surface area contributed by atoms with Crippen molar-refractivity contribution in [2.45, 2.75) is 30.8 Å². The first kappa shape index (κ1) is 14.7. The predicted octanol–water partition coefficient (Wildman–Crippen LogP) is 1.47. The fraction of sp³-hybridized carbons (Fsp3) is 0.308. The second-order valence-electron chi connectivity index (χ2n) is 4.68. The summed E-state index contributed by atoms with van der Waals surface area (Å²) in [7, 11) is -3.58. The van der Waals surface area contributed by atoms with Crippen LogP contribution in [0.2, 0.25) is 0 Å². The minimum absolute atomic E-state index is 0.123. The Labute approximate surface area is 118 Å². The smallest absolute Gasteiger partial charge is 0.241 e. The third-order valence-electron chi connectivity index (χ3n) is 2.98. The van der Waals surface area contributed by atoms with Gasteiger partial charge in [-0.3, -0.25) is 0 Å². The van der Waals surface area contributed by atoms with Crippen molar-refractivity contribution in [1.29, 1.82) is 0 Å². The van der Waals surface area contributed by atoms with Gasteiger partial charge in [-0.25, -0.2) is 18.1 Å². The molecular formula is C13H18N4O2S. The van der Waals surface area contributed by atoms with Crippen molar-refractivity contribution < 1.29 is 8.42 Å². The van der Waals surface area contributed by atoms with E-state index in [9.17, 15) is 8.42 Å². The monoisotopic (exact) mass is 294 g/mol. The fourth-order valence-corrected chi connectivity index (χ4v) is 3.03. The van der Waals surface area contributed by atoms with E-state index in [4.69, 9.17) is 5.73 Å². The van der Waals surface area contributed by atoms with E-state index >= 15 is 0 Å². The number of H-pyrrole nitrogens is 1. The number of aromatic amines is 1. The van der Waals surface area contributed by atoms with Gasteiger partial charge < -0.3 is 10.7 Å². The zero-order chi connectivity index (χ0) is 14.8. The maximum absolute atomic E-state index is 12.2. The third-order valence-corrected chi connectivity index (χ3v) is 4.53. The minimum atomic E-state index is -3.58. The van der Waals surface area contributed by atoms with Crippen molar-refractivity contribution in [3.05, 3.63) is 48.0 Å². The molecule has 2 unspecified atom stereocenters. The topological polar surface area (TPSA) is 101 Å². The highest BCUT2D eigenvalue weighted by Gasteiger charge is 2.19. The maximum atomic E-state index is 12.2. The lowest BCUT2D eigenvalue weighted by molar-refractivity contribution is 0.561. The van der Waals surface area contributed by atoms with Crippen LogP contribution in [-0.4, -0.2) is 18.4 Å². The first-order valence-electron chi connectivity index (χ1n) is 6.27. The Hall–Kier alpha value is -1.70. The Morgan fingerprint density at radius 1 is 1.25 bits per heavy atom. The molecule has 2 atom stereocenters. The highest BCUT2D eigenvalue weighted by atomic mass is 32.2. The van der Waals surface area contributed by atoms with Gasteiger partial charge in [-0.2, -0.15) is 0 Å². The van der Waals surface area contributed by atoms with E-state index in [1.165, 1.54) is 0 Å². The standard InChI is InChI=1S/C13H18N4O2S/c1-9(14)11-3-5-12(6-4-11)20(18,19)17-10(2)13-15-7-8-16-13/h3-10,17H,14H2,1-2H3,(H,15,16). The molecule has 0 saturated carbocycles. The number of hydrogen-bond donors (Lipinski definition) is 3. The summed E-state index contributed by atoms with van der Waals surface area (Å²) in [5.41, 5.74) is 6.63. The van der Waals surface area contributed by atoms with Gasteiger partial charge in [0, 0.05) is 18.4 Å². The van der Waals surface area contributed by atoms with Gasteiger partial charge in [0.25, 0.3) is 0 Å². The van der Waals surface area contributed by atoms with E-state index in [1.807, 2.05) is 6.92 Å². The SMILES string of the molecule is CC(N)c1ccc(S(=O)(=O)NC(C)c2ncc[nH]2)cc1. The summed E-state index contributed by atoms with van der Waals surface area (Å²) < 4.78 is 27.0. The summed E-state index contributed by atoms with van der Waals surface area (Å²) in [6, 6.07) is 5.99. The van der Waals surface area contributed by atoms with Crippen LogP contribution in [0.3, 0.4) is 0 Å². The number of hydrogen-bond acceptors (Lipinski definition) is 4. The molecule has 0 amide bonds. The second-order valence-corrected chi connectivity index (χ2v) is 6.39. The van der Waals surface area contributed by atoms with Crippen LogP contribution < -0.4 is 10.5 Å². The van der Waals surface area contributed by atoms with Crippen LogP contribution in [0.4, 0.5) is 0 Å². The molecule has 20 heavy (non-hydrogen) atoms. The molecule has 6 nitrogen and oxygen atoms in total. The maximum Gasteiger partial charge on any atom is 0.241 e. The molecule has 0 aliphatic rings. The summed E-state index contributed by atoms with van der Waals surface area (Å²) in [5.74, 6) is 0.570. The van der Waals surface area contributed by atoms with Crippen LogP contribution in [0.25, 0.3) is 0 Å². The first-order chi connectivity index (χ1) is 9.40. The van der Waals surface area contributed by atoms with Gasteiger partial charge in [0.1, 0.15) is 5.82 Å². The van der Waals surface area contributed by atoms with Crippen molar-refractivity contribution in [2.24, 2.45) is 5.73 Å². The van der Waals surface area contributed by atoms with Crippen LogP contribution in [-0.2, 0) is 10.0 Å². The van der Waals surface area contributed by atoms with Crippen LogP contribution in [0.15, 0.2) is 41.6 Å². The largest absolute Gasteiger partial charge is 0.347 e. The Kier molecular flexibility index (Phi) is 4.22. The zero-order valence-electron chi connectivity index (χ0n) is 11.4. The van der Waals surface area contributed by atoms with E-state index in [-0.39, 0.29) is 10.9 Å². The average Bonchev–Trinajstić information content (AvgIpc) is 2.92. The van der Waals surface area contributed by atoms with Gasteiger partial charge in [-0.1, -0.05) is 12.1 Å². The van der Waals surface area contributed by atoms with Crippen LogP contribution in [0, 0.1) is 0 Å². The van der Waals surface area contributed by atoms with Crippen molar-refractivity contribution >= 4 is 10.0 Å². The number of aromatic nitrogens is 2. The lowest BCUT2D eigenvalue weighted by Crippen LogP contribution is -2.27. The molecular weight excluding hydrogens is 276 g/mol. The van der Waals surface area contributed by atoms with Gasteiger partial charge in [-0.05, 0) is 31.5 Å². The molecule has 0 bridgehead atoms. The molecule has 0 saturated heterocycles. The molecule has 4 N–H and O–H groups in total. The molecule has 1 aromatic carbocycles. The summed E-state index contributed by atoms with van der Waals surface area (Å²) in [4.78, 5) is 7.12. The quantitative estimate of drug-likeness (QED) is 0.777. The van der Waals surface area contributed by atoms with Crippen LogP contribution in [0.5, 0.6) is 0 Å². The summed E-state index contributed by atoms with van der Waals surface area (Å²) in [5, 5.41) is 0. The van der Waals surface area contributed by atoms with Crippen LogP contribution in [0.1, 0.15) is 37.3 Å².